The second kappa shape index (κ2) is 9.05. The molecule has 2 aromatic rings. The maximum absolute atomic E-state index is 12.7. The first-order valence-corrected chi connectivity index (χ1v) is 12.1. The van der Waals surface area contributed by atoms with Crippen molar-refractivity contribution in [2.75, 3.05) is 30.8 Å². The quantitative estimate of drug-likeness (QED) is 0.569. The molecule has 34 heavy (non-hydrogen) atoms. The van der Waals surface area contributed by atoms with E-state index in [-0.39, 0.29) is 23.0 Å². The van der Waals surface area contributed by atoms with E-state index in [1.807, 2.05) is 37.8 Å². The highest BCUT2D eigenvalue weighted by Gasteiger charge is 2.49. The molecule has 1 aliphatic heterocycles. The molecule has 1 saturated heterocycles. The lowest BCUT2D eigenvalue weighted by atomic mass is 9.72. The second-order valence-corrected chi connectivity index (χ2v) is 10.6. The number of nitrogens with two attached hydrogens (primary N) is 1. The maximum atomic E-state index is 12.7. The minimum Gasteiger partial charge on any atom is -0.464 e. The second-order valence-electron chi connectivity index (χ2n) is 9.87. The molecule has 1 amide bonds. The fraction of sp³-hybridized carbons (Fsp3) is 0.500. The van der Waals surface area contributed by atoms with E-state index in [2.05, 4.69) is 43.3 Å². The summed E-state index contributed by atoms with van der Waals surface area (Å²) in [7, 11) is 1.31. The van der Waals surface area contributed by atoms with E-state index in [9.17, 15) is 9.59 Å². The number of rotatable bonds is 3. The SMILES string of the molecule is COC(=O)c1nc(Br)c(N)nc1N1CCC2(CC1)Cc1ccccc1[C@H]2NC(=O)OC(C)(C)C. The lowest BCUT2D eigenvalue weighted by Gasteiger charge is -2.44. The van der Waals surface area contributed by atoms with Gasteiger partial charge in [0.15, 0.2) is 17.3 Å². The monoisotopic (exact) mass is 531 g/mol. The van der Waals surface area contributed by atoms with Crippen molar-refractivity contribution < 1.29 is 19.1 Å². The summed E-state index contributed by atoms with van der Waals surface area (Å²) in [6.45, 7) is 6.81. The average molecular weight is 532 g/mol. The van der Waals surface area contributed by atoms with E-state index < -0.39 is 17.7 Å². The van der Waals surface area contributed by atoms with Gasteiger partial charge < -0.3 is 25.4 Å². The first kappa shape index (κ1) is 24.3. The number of esters is 1. The molecule has 1 aliphatic carbocycles. The predicted octanol–water partition coefficient (Wildman–Crippen LogP) is 4.02. The first-order chi connectivity index (χ1) is 16.0. The van der Waals surface area contributed by atoms with Crippen molar-refractivity contribution in [2.24, 2.45) is 5.41 Å². The van der Waals surface area contributed by atoms with Crippen molar-refractivity contribution >= 4 is 39.6 Å². The highest BCUT2D eigenvalue weighted by molar-refractivity contribution is 9.10. The number of amides is 1. The number of fused-ring (bicyclic) bond motifs is 1. The number of hydrogen-bond acceptors (Lipinski definition) is 8. The zero-order valence-electron chi connectivity index (χ0n) is 19.9. The van der Waals surface area contributed by atoms with Crippen LogP contribution in [0.3, 0.4) is 0 Å². The van der Waals surface area contributed by atoms with Gasteiger partial charge in [-0.2, -0.15) is 0 Å². The summed E-state index contributed by atoms with van der Waals surface area (Å²) < 4.78 is 10.8. The molecule has 1 aromatic carbocycles. The minimum atomic E-state index is -0.580. The smallest absolute Gasteiger partial charge is 0.408 e. The maximum Gasteiger partial charge on any atom is 0.408 e. The van der Waals surface area contributed by atoms with Crippen molar-refractivity contribution in [3.8, 4) is 0 Å². The molecule has 2 aliphatic rings. The van der Waals surface area contributed by atoms with Gasteiger partial charge >= 0.3 is 12.1 Å². The first-order valence-electron chi connectivity index (χ1n) is 11.3. The molecule has 1 fully saturated rings. The van der Waals surface area contributed by atoms with Gasteiger partial charge in [0.25, 0.3) is 0 Å². The van der Waals surface area contributed by atoms with E-state index in [1.165, 1.54) is 12.7 Å². The average Bonchev–Trinajstić information content (AvgIpc) is 3.06. The van der Waals surface area contributed by atoms with Crippen molar-refractivity contribution in [3.63, 3.8) is 0 Å². The van der Waals surface area contributed by atoms with Gasteiger partial charge in [-0.15, -0.1) is 0 Å². The lowest BCUT2D eigenvalue weighted by molar-refractivity contribution is 0.0426. The standard InChI is InChI=1S/C24H30BrN5O4/c1-23(2,3)34-22(32)28-17-15-8-6-5-7-14(15)13-24(17)9-11-30(12-10-24)20-16(21(31)33-4)27-18(25)19(26)29-20/h5-8,17H,9-13H2,1-4H3,(H2,26,29)(H,28,32)/t17-/m1/s1. The van der Waals surface area contributed by atoms with E-state index >= 15 is 0 Å². The van der Waals surface area contributed by atoms with Gasteiger partial charge in [-0.05, 0) is 67.1 Å². The molecule has 182 valence electrons. The number of aromatic nitrogens is 2. The zero-order valence-corrected chi connectivity index (χ0v) is 21.4. The number of nitrogens with one attached hydrogen (secondary N) is 1. The van der Waals surface area contributed by atoms with E-state index in [4.69, 9.17) is 15.2 Å². The number of alkyl carbamates (subject to hydrolysis) is 1. The summed E-state index contributed by atoms with van der Waals surface area (Å²) in [5.74, 6) is 0.0523. The zero-order chi connectivity index (χ0) is 24.7. The number of piperidine rings is 1. The molecule has 0 bridgehead atoms. The van der Waals surface area contributed by atoms with Crippen LogP contribution >= 0.6 is 15.9 Å². The Morgan fingerprint density at radius 2 is 1.88 bits per heavy atom. The van der Waals surface area contributed by atoms with Gasteiger partial charge in [0, 0.05) is 18.5 Å². The summed E-state index contributed by atoms with van der Waals surface area (Å²) in [5, 5.41) is 3.15. The van der Waals surface area contributed by atoms with Gasteiger partial charge in [0.1, 0.15) is 10.2 Å². The third-order valence-electron chi connectivity index (χ3n) is 6.48. The number of nitrogens with zero attached hydrogens (tertiary/aromatic N) is 3. The summed E-state index contributed by atoms with van der Waals surface area (Å²) >= 11 is 3.24. The highest BCUT2D eigenvalue weighted by atomic mass is 79.9. The Balaban J connectivity index is 1.60. The molecule has 0 radical (unpaired) electrons. The van der Waals surface area contributed by atoms with Gasteiger partial charge in [0.2, 0.25) is 0 Å². The van der Waals surface area contributed by atoms with E-state index in [0.717, 1.165) is 24.8 Å². The van der Waals surface area contributed by atoms with Crippen LogP contribution in [0, 0.1) is 5.41 Å². The third kappa shape index (κ3) is 4.68. The molecule has 1 aromatic heterocycles. The van der Waals surface area contributed by atoms with Gasteiger partial charge in [-0.1, -0.05) is 24.3 Å². The van der Waals surface area contributed by atoms with Crippen LogP contribution in [0.5, 0.6) is 0 Å². The Bertz CT molecular complexity index is 1110. The topological polar surface area (TPSA) is 120 Å². The summed E-state index contributed by atoms with van der Waals surface area (Å²) in [6.07, 6.45) is 1.99. The molecule has 1 atom stereocenters. The molecule has 3 N–H and O–H groups in total. The molecule has 0 unspecified atom stereocenters. The van der Waals surface area contributed by atoms with Crippen LogP contribution in [0.15, 0.2) is 28.9 Å². The molecule has 1 spiro atoms. The molecule has 2 heterocycles. The molecule has 10 heteroatoms. The molecular formula is C24H30BrN5O4. The Hall–Kier alpha value is -2.88. The Kier molecular flexibility index (Phi) is 6.46. The van der Waals surface area contributed by atoms with Gasteiger partial charge in [-0.25, -0.2) is 19.6 Å². The largest absolute Gasteiger partial charge is 0.464 e. The number of ether oxygens (including phenoxy) is 2. The summed E-state index contributed by atoms with van der Waals surface area (Å²) in [6, 6.07) is 8.06. The van der Waals surface area contributed by atoms with Crippen molar-refractivity contribution in [1.29, 1.82) is 0 Å². The van der Waals surface area contributed by atoms with Crippen LogP contribution in [0.25, 0.3) is 0 Å². The van der Waals surface area contributed by atoms with Crippen molar-refractivity contribution in [3.05, 3.63) is 45.7 Å². The Labute approximate surface area is 207 Å². The molecule has 0 saturated carbocycles. The number of nitrogen functional groups attached to an aromatic ring is 1. The van der Waals surface area contributed by atoms with Gasteiger partial charge in [-0.3, -0.25) is 0 Å². The number of carbonyl (C=O) groups excluding carboxylic acids is 2. The fourth-order valence-corrected chi connectivity index (χ4v) is 5.21. The molecule has 9 nitrogen and oxygen atoms in total. The summed E-state index contributed by atoms with van der Waals surface area (Å²) in [5.41, 5.74) is 7.72. The van der Waals surface area contributed by atoms with Crippen LogP contribution in [-0.4, -0.2) is 47.8 Å². The van der Waals surface area contributed by atoms with Crippen molar-refractivity contribution in [2.45, 2.75) is 51.7 Å². The number of carbonyl (C=O) groups is 2. The number of methoxy groups -OCH3 is 1. The third-order valence-corrected chi connectivity index (χ3v) is 7.06. The normalized spacial score (nSPS) is 19.0. The van der Waals surface area contributed by atoms with Crippen LogP contribution in [-0.2, 0) is 15.9 Å². The highest BCUT2D eigenvalue weighted by Crippen LogP contribution is 2.52. The number of benzene rings is 1. The number of anilines is 2. The van der Waals surface area contributed by atoms with Crippen LogP contribution in [0.4, 0.5) is 16.4 Å². The van der Waals surface area contributed by atoms with E-state index in [1.54, 1.807) is 0 Å². The fourth-order valence-electron chi connectivity index (χ4n) is 4.95. The molecule has 4 rings (SSSR count). The summed E-state index contributed by atoms with van der Waals surface area (Å²) in [4.78, 5) is 35.8. The molecular weight excluding hydrogens is 502 g/mol. The van der Waals surface area contributed by atoms with Gasteiger partial charge in [0.05, 0.1) is 13.2 Å². The lowest BCUT2D eigenvalue weighted by Crippen LogP contribution is -2.48. The van der Waals surface area contributed by atoms with E-state index in [0.29, 0.717) is 23.5 Å². The minimum absolute atomic E-state index is 0.123. The van der Waals surface area contributed by atoms with Crippen LogP contribution in [0.2, 0.25) is 0 Å². The number of halogens is 1. The van der Waals surface area contributed by atoms with Crippen LogP contribution in [0.1, 0.15) is 61.3 Å². The Morgan fingerprint density at radius 3 is 2.53 bits per heavy atom. The van der Waals surface area contributed by atoms with Crippen molar-refractivity contribution in [1.82, 2.24) is 15.3 Å². The Morgan fingerprint density at radius 1 is 1.21 bits per heavy atom. The number of hydrogen-bond donors (Lipinski definition) is 2. The van der Waals surface area contributed by atoms with Crippen LogP contribution < -0.4 is 16.0 Å². The predicted molar refractivity (Wildman–Crippen MR) is 132 cm³/mol.